The Labute approximate surface area is 252 Å². The predicted molar refractivity (Wildman–Crippen MR) is 169 cm³/mol. The van der Waals surface area contributed by atoms with Crippen LogP contribution in [0.4, 0.5) is 4.79 Å². The van der Waals surface area contributed by atoms with Gasteiger partial charge in [-0.2, -0.15) is 0 Å². The molecule has 42 heavy (non-hydrogen) atoms. The molecule has 0 aliphatic rings. The van der Waals surface area contributed by atoms with Crippen molar-refractivity contribution in [2.45, 2.75) is 71.2 Å². The van der Waals surface area contributed by atoms with Crippen molar-refractivity contribution >= 4 is 46.1 Å². The third-order valence-electron chi connectivity index (χ3n) is 6.53. The lowest BCUT2D eigenvalue weighted by Gasteiger charge is -2.24. The summed E-state index contributed by atoms with van der Waals surface area (Å²) in [6.07, 6.45) is 3.14. The summed E-state index contributed by atoms with van der Waals surface area (Å²) in [5.74, 6) is -0.748. The van der Waals surface area contributed by atoms with Crippen LogP contribution in [0.15, 0.2) is 60.8 Å². The van der Waals surface area contributed by atoms with E-state index in [0.717, 1.165) is 35.0 Å². The van der Waals surface area contributed by atoms with E-state index >= 15 is 0 Å². The first-order chi connectivity index (χ1) is 20.3. The van der Waals surface area contributed by atoms with Crippen LogP contribution in [0, 0.1) is 0 Å². The first kappa shape index (κ1) is 32.4. The van der Waals surface area contributed by atoms with Crippen molar-refractivity contribution in [2.75, 3.05) is 13.1 Å². The number of H-pyrrole nitrogens is 1. The summed E-state index contributed by atoms with van der Waals surface area (Å²) in [5, 5.41) is 16.2. The van der Waals surface area contributed by atoms with E-state index in [1.54, 1.807) is 0 Å². The Hall–Kier alpha value is -4.12. The monoisotopic (exact) mass is 594 g/mol. The smallest absolute Gasteiger partial charge is 0.408 e. The number of carbonyl (C=O) groups is 3. The lowest BCUT2D eigenvalue weighted by molar-refractivity contribution is -0.130. The number of hydrogen-bond acceptors (Lipinski definition) is 5. The second-order valence-corrected chi connectivity index (χ2v) is 10.7. The van der Waals surface area contributed by atoms with E-state index in [0.29, 0.717) is 24.5 Å². The molecule has 0 unspecified atom stereocenters. The van der Waals surface area contributed by atoms with E-state index in [2.05, 4.69) is 31.6 Å². The van der Waals surface area contributed by atoms with E-state index in [9.17, 15) is 14.4 Å². The Morgan fingerprint density at radius 1 is 0.881 bits per heavy atom. The van der Waals surface area contributed by atoms with Crippen LogP contribution in [0.2, 0.25) is 0 Å². The minimum Gasteiger partial charge on any atom is -0.445 e. The molecule has 2 atom stereocenters. The van der Waals surface area contributed by atoms with Crippen molar-refractivity contribution < 1.29 is 19.1 Å². The maximum Gasteiger partial charge on any atom is 0.408 e. The van der Waals surface area contributed by atoms with Crippen LogP contribution in [-0.4, -0.2) is 59.2 Å². The van der Waals surface area contributed by atoms with Gasteiger partial charge in [0.2, 0.25) is 11.8 Å². The summed E-state index contributed by atoms with van der Waals surface area (Å²) in [6.45, 7) is 7.13. The van der Waals surface area contributed by atoms with Crippen molar-refractivity contribution in [3.05, 3.63) is 71.9 Å². The van der Waals surface area contributed by atoms with Gasteiger partial charge >= 0.3 is 6.09 Å². The van der Waals surface area contributed by atoms with E-state index in [1.807, 2.05) is 81.6 Å². The number of hydrogen-bond donors (Lipinski definition) is 6. The third kappa shape index (κ3) is 10.7. The Morgan fingerprint density at radius 2 is 1.60 bits per heavy atom. The molecular formula is C31H42N6O4S. The van der Waals surface area contributed by atoms with Crippen LogP contribution in [0.5, 0.6) is 0 Å². The number of alkyl carbamates (subject to hydrolysis) is 1. The van der Waals surface area contributed by atoms with Gasteiger partial charge in [0.1, 0.15) is 18.7 Å². The largest absolute Gasteiger partial charge is 0.445 e. The van der Waals surface area contributed by atoms with Gasteiger partial charge < -0.3 is 36.3 Å². The van der Waals surface area contributed by atoms with Gasteiger partial charge in [0, 0.05) is 42.7 Å². The van der Waals surface area contributed by atoms with Gasteiger partial charge in [0.05, 0.1) is 0 Å². The number of unbranched alkanes of at least 4 members (excludes halogenated alkanes) is 1. The normalized spacial score (nSPS) is 12.3. The molecule has 0 spiro atoms. The molecule has 0 radical (unpaired) electrons. The summed E-state index contributed by atoms with van der Waals surface area (Å²) in [6, 6.07) is 15.3. The van der Waals surface area contributed by atoms with Crippen molar-refractivity contribution in [3.63, 3.8) is 0 Å². The molecule has 11 heteroatoms. The highest BCUT2D eigenvalue weighted by Crippen LogP contribution is 2.19. The van der Waals surface area contributed by atoms with E-state index in [-0.39, 0.29) is 25.0 Å². The van der Waals surface area contributed by atoms with Crippen LogP contribution in [0.3, 0.4) is 0 Å². The molecule has 0 bridgehead atoms. The Bertz CT molecular complexity index is 1310. The maximum absolute atomic E-state index is 13.6. The fourth-order valence-corrected chi connectivity index (χ4v) is 4.71. The maximum atomic E-state index is 13.6. The summed E-state index contributed by atoms with van der Waals surface area (Å²) < 4.78 is 5.38. The molecule has 226 valence electrons. The molecule has 3 aromatic rings. The molecule has 3 amide bonds. The first-order valence-corrected chi connectivity index (χ1v) is 14.8. The fourth-order valence-electron chi connectivity index (χ4n) is 4.46. The molecule has 1 heterocycles. The van der Waals surface area contributed by atoms with Crippen molar-refractivity contribution in [3.8, 4) is 0 Å². The third-order valence-corrected chi connectivity index (χ3v) is 6.82. The standard InChI is InChI=1S/C31H42N6O4S/c1-4-32-30(42)33-17-11-10-16-26(37-31(40)41-20-22-12-6-5-7-13-22)28(38)36-27(29(39)35-21(2)3)18-23-19-34-25-15-9-8-14-24(23)25/h5-9,12-15,19,21,26-27,34H,4,10-11,16-18,20H2,1-3H3,(H,35,39)(H,36,38)(H,37,40)(H2,32,33,42)/t26-,27-/m0/s1. The van der Waals surface area contributed by atoms with Gasteiger partial charge in [-0.1, -0.05) is 48.5 Å². The second kappa shape index (κ2) is 17.0. The molecule has 0 saturated carbocycles. The van der Waals surface area contributed by atoms with Gasteiger partial charge in [0.15, 0.2) is 5.11 Å². The minimum atomic E-state index is -0.897. The highest BCUT2D eigenvalue weighted by Gasteiger charge is 2.28. The quantitative estimate of drug-likeness (QED) is 0.117. The minimum absolute atomic E-state index is 0.0762. The van der Waals surface area contributed by atoms with Gasteiger partial charge in [-0.15, -0.1) is 0 Å². The van der Waals surface area contributed by atoms with Crippen molar-refractivity contribution in [1.29, 1.82) is 0 Å². The molecule has 6 N–H and O–H groups in total. The van der Waals surface area contributed by atoms with Crippen molar-refractivity contribution in [2.24, 2.45) is 0 Å². The number of thiocarbonyl (C=S) groups is 1. The molecule has 10 nitrogen and oxygen atoms in total. The predicted octanol–water partition coefficient (Wildman–Crippen LogP) is 3.67. The van der Waals surface area contributed by atoms with Crippen molar-refractivity contribution in [1.82, 2.24) is 31.6 Å². The van der Waals surface area contributed by atoms with Crippen LogP contribution in [-0.2, 0) is 27.4 Å². The highest BCUT2D eigenvalue weighted by atomic mass is 32.1. The molecule has 0 aliphatic heterocycles. The highest BCUT2D eigenvalue weighted by molar-refractivity contribution is 7.80. The zero-order valence-corrected chi connectivity index (χ0v) is 25.3. The average Bonchev–Trinajstić information content (AvgIpc) is 3.38. The lowest BCUT2D eigenvalue weighted by atomic mass is 10.0. The summed E-state index contributed by atoms with van der Waals surface area (Å²) in [7, 11) is 0. The second-order valence-electron chi connectivity index (χ2n) is 10.3. The lowest BCUT2D eigenvalue weighted by Crippen LogP contribution is -2.55. The topological polar surface area (TPSA) is 136 Å². The van der Waals surface area contributed by atoms with E-state index < -0.39 is 24.1 Å². The zero-order valence-electron chi connectivity index (χ0n) is 24.5. The number of aromatic amines is 1. The molecule has 0 fully saturated rings. The molecule has 0 saturated heterocycles. The molecular weight excluding hydrogens is 552 g/mol. The first-order valence-electron chi connectivity index (χ1n) is 14.4. The van der Waals surface area contributed by atoms with Crippen LogP contribution in [0.25, 0.3) is 10.9 Å². The molecule has 3 rings (SSSR count). The zero-order chi connectivity index (χ0) is 30.3. The molecule has 1 aromatic heterocycles. The summed E-state index contributed by atoms with van der Waals surface area (Å²) >= 11 is 5.20. The number of nitrogens with one attached hydrogen (secondary N) is 6. The summed E-state index contributed by atoms with van der Waals surface area (Å²) in [5.41, 5.74) is 2.69. The Balaban J connectivity index is 1.69. The van der Waals surface area contributed by atoms with E-state index in [1.165, 1.54) is 0 Å². The number of carbonyl (C=O) groups excluding carboxylic acids is 3. The fraction of sp³-hybridized carbons (Fsp3) is 0.419. The number of aromatic nitrogens is 1. The van der Waals surface area contributed by atoms with Crippen LogP contribution >= 0.6 is 12.2 Å². The number of ether oxygens (including phenoxy) is 1. The Morgan fingerprint density at radius 3 is 2.33 bits per heavy atom. The van der Waals surface area contributed by atoms with Gasteiger partial charge in [-0.05, 0) is 69.4 Å². The number of para-hydroxylation sites is 1. The number of fused-ring (bicyclic) bond motifs is 1. The molecule has 2 aromatic carbocycles. The van der Waals surface area contributed by atoms with Gasteiger partial charge in [-0.25, -0.2) is 4.79 Å². The summed E-state index contributed by atoms with van der Waals surface area (Å²) in [4.78, 5) is 42.7. The van der Waals surface area contributed by atoms with Gasteiger partial charge in [0.25, 0.3) is 0 Å². The Kier molecular flexibility index (Phi) is 13.1. The number of amides is 3. The average molecular weight is 595 g/mol. The molecule has 0 aliphatic carbocycles. The van der Waals surface area contributed by atoms with Gasteiger partial charge in [-0.3, -0.25) is 9.59 Å². The van der Waals surface area contributed by atoms with Crippen LogP contribution in [0.1, 0.15) is 51.2 Å². The van der Waals surface area contributed by atoms with E-state index in [4.69, 9.17) is 17.0 Å². The SMILES string of the molecule is CCNC(=S)NCCCC[C@H](NC(=O)OCc1ccccc1)C(=O)N[C@@H](Cc1c[nH]c2ccccc12)C(=O)NC(C)C. The number of rotatable bonds is 15. The number of benzene rings is 2. The van der Waals surface area contributed by atoms with Crippen LogP contribution < -0.4 is 26.6 Å².